The molecular formula is C11H23N3O. The fraction of sp³-hybridized carbons (Fsp3) is 1.00. The van der Waals surface area contributed by atoms with E-state index in [2.05, 4.69) is 29.1 Å². The molecule has 2 rings (SSSR count). The van der Waals surface area contributed by atoms with Gasteiger partial charge in [0.05, 0.1) is 6.10 Å². The summed E-state index contributed by atoms with van der Waals surface area (Å²) in [4.78, 5) is 4.89. The highest BCUT2D eigenvalue weighted by atomic mass is 16.3. The van der Waals surface area contributed by atoms with Crippen molar-refractivity contribution >= 4 is 0 Å². The average molecular weight is 213 g/mol. The molecule has 0 radical (unpaired) electrons. The minimum atomic E-state index is -0.175. The van der Waals surface area contributed by atoms with Gasteiger partial charge in [-0.05, 0) is 13.5 Å². The van der Waals surface area contributed by atoms with E-state index in [1.54, 1.807) is 0 Å². The molecule has 2 aliphatic heterocycles. The Bertz CT molecular complexity index is 212. The third-order valence-electron chi connectivity index (χ3n) is 3.90. The predicted octanol–water partition coefficient (Wildman–Crippen LogP) is -0.655. The monoisotopic (exact) mass is 213 g/mol. The maximum absolute atomic E-state index is 9.85. The highest BCUT2D eigenvalue weighted by Crippen LogP contribution is 2.16. The van der Waals surface area contributed by atoms with Crippen molar-refractivity contribution < 1.29 is 5.11 Å². The van der Waals surface area contributed by atoms with Crippen molar-refractivity contribution in [1.82, 2.24) is 15.1 Å². The molecule has 4 nitrogen and oxygen atoms in total. The Morgan fingerprint density at radius 1 is 1.33 bits per heavy atom. The number of aliphatic hydroxyl groups is 1. The Labute approximate surface area is 92.2 Å². The number of hydrogen-bond donors (Lipinski definition) is 2. The van der Waals surface area contributed by atoms with Crippen molar-refractivity contribution in [3.8, 4) is 0 Å². The first kappa shape index (κ1) is 11.3. The second-order valence-electron chi connectivity index (χ2n) is 4.83. The molecule has 0 aromatic carbocycles. The normalized spacial score (nSPS) is 39.8. The van der Waals surface area contributed by atoms with Gasteiger partial charge >= 0.3 is 0 Å². The summed E-state index contributed by atoms with van der Waals surface area (Å²) in [6.07, 6.45) is 1.02. The molecule has 0 aromatic rings. The lowest BCUT2D eigenvalue weighted by Gasteiger charge is -2.42. The number of aliphatic hydroxyl groups excluding tert-OH is 1. The van der Waals surface area contributed by atoms with Gasteiger partial charge in [0.25, 0.3) is 0 Å². The van der Waals surface area contributed by atoms with Crippen LogP contribution in [0.3, 0.4) is 0 Å². The molecule has 3 atom stereocenters. The maximum atomic E-state index is 9.85. The molecule has 0 bridgehead atoms. The zero-order valence-electron chi connectivity index (χ0n) is 9.82. The Hall–Kier alpha value is -0.160. The number of nitrogens with one attached hydrogen (secondary N) is 1. The van der Waals surface area contributed by atoms with Gasteiger partial charge in [0.2, 0.25) is 0 Å². The SMILES string of the molecule is CCC1CN(C2CNCC2O)CCN1C. The molecule has 0 amide bonds. The van der Waals surface area contributed by atoms with Gasteiger partial charge in [0.15, 0.2) is 0 Å². The lowest BCUT2D eigenvalue weighted by Crippen LogP contribution is -2.56. The predicted molar refractivity (Wildman–Crippen MR) is 60.9 cm³/mol. The summed E-state index contributed by atoms with van der Waals surface area (Å²) in [7, 11) is 2.20. The van der Waals surface area contributed by atoms with Crippen LogP contribution in [0.4, 0.5) is 0 Å². The maximum Gasteiger partial charge on any atom is 0.0831 e. The summed E-state index contributed by atoms with van der Waals surface area (Å²) in [5.74, 6) is 0. The summed E-state index contributed by atoms with van der Waals surface area (Å²) >= 11 is 0. The van der Waals surface area contributed by atoms with Gasteiger partial charge < -0.3 is 15.3 Å². The lowest BCUT2D eigenvalue weighted by molar-refractivity contribution is 0.0242. The molecule has 0 spiro atoms. The van der Waals surface area contributed by atoms with Crippen LogP contribution in [-0.2, 0) is 0 Å². The van der Waals surface area contributed by atoms with Crippen LogP contribution in [0.15, 0.2) is 0 Å². The topological polar surface area (TPSA) is 38.7 Å². The van der Waals surface area contributed by atoms with Gasteiger partial charge in [0.1, 0.15) is 0 Å². The van der Waals surface area contributed by atoms with E-state index in [1.165, 1.54) is 6.42 Å². The minimum Gasteiger partial charge on any atom is -0.390 e. The van der Waals surface area contributed by atoms with Crippen LogP contribution in [0.1, 0.15) is 13.3 Å². The molecule has 2 saturated heterocycles. The molecule has 4 heteroatoms. The van der Waals surface area contributed by atoms with E-state index in [9.17, 15) is 5.11 Å². The van der Waals surface area contributed by atoms with Crippen molar-refractivity contribution in [2.75, 3.05) is 39.8 Å². The summed E-state index contributed by atoms with van der Waals surface area (Å²) in [5, 5.41) is 13.1. The molecule has 88 valence electrons. The van der Waals surface area contributed by atoms with Crippen LogP contribution in [0.25, 0.3) is 0 Å². The standard InChI is InChI=1S/C11H23N3O/c1-3-9-8-14(5-4-13(9)2)10-6-12-7-11(10)15/h9-12,15H,3-8H2,1-2H3. The molecular weight excluding hydrogens is 190 g/mol. The molecule has 2 aliphatic rings. The first-order valence-corrected chi connectivity index (χ1v) is 6.05. The second kappa shape index (κ2) is 4.78. The largest absolute Gasteiger partial charge is 0.390 e. The highest BCUT2D eigenvalue weighted by Gasteiger charge is 2.34. The number of nitrogens with zero attached hydrogens (tertiary/aromatic N) is 2. The van der Waals surface area contributed by atoms with Crippen LogP contribution in [0.2, 0.25) is 0 Å². The number of β-amino-alcohol motifs (C(OH)–C–C–N with tert-alkyl or cyclic N) is 1. The van der Waals surface area contributed by atoms with E-state index < -0.39 is 0 Å². The van der Waals surface area contributed by atoms with E-state index >= 15 is 0 Å². The molecule has 15 heavy (non-hydrogen) atoms. The Kier molecular flexibility index (Phi) is 3.61. The Morgan fingerprint density at radius 2 is 2.13 bits per heavy atom. The van der Waals surface area contributed by atoms with Gasteiger partial charge in [-0.15, -0.1) is 0 Å². The number of hydrogen-bond acceptors (Lipinski definition) is 4. The first-order valence-electron chi connectivity index (χ1n) is 6.05. The molecule has 0 saturated carbocycles. The van der Waals surface area contributed by atoms with Crippen LogP contribution in [-0.4, -0.2) is 72.9 Å². The smallest absolute Gasteiger partial charge is 0.0831 e. The third-order valence-corrected chi connectivity index (χ3v) is 3.90. The zero-order chi connectivity index (χ0) is 10.8. The van der Waals surface area contributed by atoms with Gasteiger partial charge in [0, 0.05) is 44.8 Å². The van der Waals surface area contributed by atoms with E-state index in [-0.39, 0.29) is 6.10 Å². The number of likely N-dealkylation sites (N-methyl/N-ethyl adjacent to an activating group) is 1. The molecule has 2 N–H and O–H groups in total. The van der Waals surface area contributed by atoms with Gasteiger partial charge in [-0.25, -0.2) is 0 Å². The number of piperazine rings is 1. The van der Waals surface area contributed by atoms with Crippen molar-refractivity contribution in [2.24, 2.45) is 0 Å². The summed E-state index contributed by atoms with van der Waals surface area (Å²) < 4.78 is 0. The number of rotatable bonds is 2. The third kappa shape index (κ3) is 2.33. The van der Waals surface area contributed by atoms with Crippen molar-refractivity contribution in [2.45, 2.75) is 31.5 Å². The van der Waals surface area contributed by atoms with Gasteiger partial charge in [-0.3, -0.25) is 4.90 Å². The fourth-order valence-corrected chi connectivity index (χ4v) is 2.74. The Balaban J connectivity index is 1.93. The van der Waals surface area contributed by atoms with Crippen LogP contribution < -0.4 is 5.32 Å². The lowest BCUT2D eigenvalue weighted by atomic mass is 10.1. The summed E-state index contributed by atoms with van der Waals surface area (Å²) in [6, 6.07) is 0.999. The van der Waals surface area contributed by atoms with E-state index in [4.69, 9.17) is 0 Å². The van der Waals surface area contributed by atoms with Crippen molar-refractivity contribution in [1.29, 1.82) is 0 Å². The van der Waals surface area contributed by atoms with Crippen LogP contribution in [0.5, 0.6) is 0 Å². The molecule has 2 heterocycles. The quantitative estimate of drug-likeness (QED) is 0.639. The minimum absolute atomic E-state index is 0.175. The van der Waals surface area contributed by atoms with E-state index in [0.29, 0.717) is 12.1 Å². The molecule has 0 aliphatic carbocycles. The molecule has 2 fully saturated rings. The Morgan fingerprint density at radius 3 is 2.73 bits per heavy atom. The van der Waals surface area contributed by atoms with Gasteiger partial charge in [-0.2, -0.15) is 0 Å². The second-order valence-corrected chi connectivity index (χ2v) is 4.83. The van der Waals surface area contributed by atoms with Crippen molar-refractivity contribution in [3.63, 3.8) is 0 Å². The highest BCUT2D eigenvalue weighted by molar-refractivity contribution is 4.92. The summed E-state index contributed by atoms with van der Waals surface area (Å²) in [5.41, 5.74) is 0. The summed E-state index contributed by atoms with van der Waals surface area (Å²) in [6.45, 7) is 7.28. The van der Waals surface area contributed by atoms with Crippen LogP contribution in [0, 0.1) is 0 Å². The fourth-order valence-electron chi connectivity index (χ4n) is 2.74. The molecule has 0 aromatic heterocycles. The van der Waals surface area contributed by atoms with Gasteiger partial charge in [-0.1, -0.05) is 6.92 Å². The average Bonchev–Trinajstić information content (AvgIpc) is 2.65. The first-order chi connectivity index (χ1) is 7.22. The van der Waals surface area contributed by atoms with E-state index in [0.717, 1.165) is 32.7 Å². The van der Waals surface area contributed by atoms with Crippen LogP contribution >= 0.6 is 0 Å². The zero-order valence-corrected chi connectivity index (χ0v) is 9.82. The van der Waals surface area contributed by atoms with Crippen molar-refractivity contribution in [3.05, 3.63) is 0 Å². The molecule has 3 unspecified atom stereocenters. The van der Waals surface area contributed by atoms with E-state index in [1.807, 2.05) is 0 Å².